The maximum Gasteiger partial charge on any atom is 0.266 e. The number of thioether (sulfide) groups is 1. The molecule has 0 saturated carbocycles. The maximum atomic E-state index is 12.8. The number of hydrogen-bond acceptors (Lipinski definition) is 5. The summed E-state index contributed by atoms with van der Waals surface area (Å²) < 4.78 is 12.8. The van der Waals surface area contributed by atoms with E-state index in [4.69, 9.17) is 32.7 Å². The first kappa shape index (κ1) is 25.2. The lowest BCUT2D eigenvalue weighted by atomic mass is 10.1. The molecule has 5 nitrogen and oxygen atoms in total. The summed E-state index contributed by atoms with van der Waals surface area (Å²) in [5.74, 6) is 1.21. The molecule has 0 radical (unpaired) electrons. The first-order chi connectivity index (χ1) is 15.4. The van der Waals surface area contributed by atoms with Crippen molar-refractivity contribution < 1.29 is 14.3 Å². The average molecular weight is 605 g/mol. The van der Waals surface area contributed by atoms with E-state index in [1.54, 1.807) is 17.0 Å². The number of amides is 1. The van der Waals surface area contributed by atoms with Crippen molar-refractivity contribution in [1.82, 2.24) is 4.90 Å². The van der Waals surface area contributed by atoms with Gasteiger partial charge >= 0.3 is 0 Å². The fraction of sp³-hybridized carbons (Fsp3) is 0.304. The Balaban J connectivity index is 1.89. The molecule has 0 atom stereocenters. The lowest BCUT2D eigenvalue weighted by molar-refractivity contribution is -0.122. The molecule has 1 amide bonds. The van der Waals surface area contributed by atoms with Gasteiger partial charge in [0.1, 0.15) is 6.61 Å². The molecule has 0 bridgehead atoms. The van der Waals surface area contributed by atoms with Crippen molar-refractivity contribution in [2.24, 2.45) is 4.99 Å². The first-order valence-corrected chi connectivity index (χ1v) is 12.8. The highest BCUT2D eigenvalue weighted by Gasteiger charge is 2.32. The minimum atomic E-state index is -0.0321. The highest BCUT2D eigenvalue weighted by molar-refractivity contribution is 14.1. The standard InChI is InChI=1S/C23H23Cl2IN2O3S/c1-4-27-23-28(5-2)22(29)20(32-23)11-14-9-18(26)21(19(10-14)30-6-3)31-13-15-7-8-16(24)12-17(15)25/h7-12H,4-6,13H2,1-3H3/b20-11+,27-23?. The quantitative estimate of drug-likeness (QED) is 0.243. The molecular weight excluding hydrogens is 582 g/mol. The molecule has 3 rings (SSSR count). The molecule has 2 aromatic rings. The van der Waals surface area contributed by atoms with Gasteiger partial charge in [-0.25, -0.2) is 0 Å². The third kappa shape index (κ3) is 5.92. The number of rotatable bonds is 8. The van der Waals surface area contributed by atoms with E-state index >= 15 is 0 Å². The number of carbonyl (C=O) groups is 1. The fourth-order valence-corrected chi connectivity index (χ4v) is 5.40. The molecule has 170 valence electrons. The topological polar surface area (TPSA) is 51.1 Å². The lowest BCUT2D eigenvalue weighted by Gasteiger charge is -2.15. The number of likely N-dealkylation sites (N-methyl/N-ethyl adjacent to an activating group) is 1. The zero-order valence-corrected chi connectivity index (χ0v) is 22.4. The smallest absolute Gasteiger partial charge is 0.266 e. The molecule has 1 heterocycles. The van der Waals surface area contributed by atoms with Gasteiger partial charge < -0.3 is 9.47 Å². The number of nitrogens with zero attached hydrogens (tertiary/aromatic N) is 2. The zero-order chi connectivity index (χ0) is 23.3. The molecule has 0 aliphatic carbocycles. The second-order valence-corrected chi connectivity index (χ2v) is 9.72. The Labute approximate surface area is 216 Å². The molecule has 1 fully saturated rings. The monoisotopic (exact) mass is 604 g/mol. The van der Waals surface area contributed by atoms with Gasteiger partial charge in [-0.1, -0.05) is 29.3 Å². The molecular formula is C23H23Cl2IN2O3S. The molecule has 1 aliphatic heterocycles. The van der Waals surface area contributed by atoms with Crippen LogP contribution in [0.1, 0.15) is 31.9 Å². The molecule has 9 heteroatoms. The van der Waals surface area contributed by atoms with E-state index in [-0.39, 0.29) is 12.5 Å². The van der Waals surface area contributed by atoms with Crippen LogP contribution in [0.25, 0.3) is 6.08 Å². The van der Waals surface area contributed by atoms with Crippen LogP contribution in [0.3, 0.4) is 0 Å². The van der Waals surface area contributed by atoms with Gasteiger partial charge in [0.15, 0.2) is 16.7 Å². The Morgan fingerprint density at radius 2 is 1.94 bits per heavy atom. The predicted octanol–water partition coefficient (Wildman–Crippen LogP) is 6.89. The van der Waals surface area contributed by atoms with E-state index < -0.39 is 0 Å². The summed E-state index contributed by atoms with van der Waals surface area (Å²) in [6, 6.07) is 9.16. The van der Waals surface area contributed by atoms with Gasteiger partial charge in [0.05, 0.1) is 15.1 Å². The van der Waals surface area contributed by atoms with Gasteiger partial charge in [0.25, 0.3) is 5.91 Å². The summed E-state index contributed by atoms with van der Waals surface area (Å²) in [7, 11) is 0. The SMILES string of the molecule is CCN=C1S/C(=C/c2cc(I)c(OCc3ccc(Cl)cc3Cl)c(OCC)c2)C(=O)N1CC. The van der Waals surface area contributed by atoms with Crippen molar-refractivity contribution >= 4 is 74.7 Å². The van der Waals surface area contributed by atoms with Gasteiger partial charge in [-0.3, -0.25) is 14.7 Å². The minimum Gasteiger partial charge on any atom is -0.490 e. The molecule has 32 heavy (non-hydrogen) atoms. The van der Waals surface area contributed by atoms with Crippen LogP contribution in [-0.2, 0) is 11.4 Å². The number of amidine groups is 1. The summed E-state index contributed by atoms with van der Waals surface area (Å²) in [4.78, 5) is 19.6. The second kappa shape index (κ2) is 11.6. The number of halogens is 3. The molecule has 2 aromatic carbocycles. The van der Waals surface area contributed by atoms with E-state index in [1.165, 1.54) is 11.8 Å². The molecule has 0 unspecified atom stereocenters. The number of carbonyl (C=O) groups excluding carboxylic acids is 1. The van der Waals surface area contributed by atoms with Crippen LogP contribution in [0.15, 0.2) is 40.2 Å². The Hall–Kier alpha value is -1.42. The van der Waals surface area contributed by atoms with Crippen molar-refractivity contribution in [1.29, 1.82) is 0 Å². The van der Waals surface area contributed by atoms with Gasteiger partial charge in [-0.05, 0) is 91.0 Å². The van der Waals surface area contributed by atoms with Crippen molar-refractivity contribution in [2.45, 2.75) is 27.4 Å². The Bertz CT molecular complexity index is 1080. The zero-order valence-electron chi connectivity index (χ0n) is 18.0. The summed E-state index contributed by atoms with van der Waals surface area (Å²) in [6.45, 7) is 7.81. The maximum absolute atomic E-state index is 12.8. The molecule has 1 saturated heterocycles. The first-order valence-electron chi connectivity index (χ1n) is 10.2. The normalized spacial score (nSPS) is 16.3. The van der Waals surface area contributed by atoms with Gasteiger partial charge in [0.2, 0.25) is 0 Å². The van der Waals surface area contributed by atoms with Crippen molar-refractivity contribution in [3.05, 3.63) is 60.0 Å². The van der Waals surface area contributed by atoms with Crippen molar-refractivity contribution in [3.8, 4) is 11.5 Å². The van der Waals surface area contributed by atoms with E-state index in [1.807, 2.05) is 45.0 Å². The minimum absolute atomic E-state index is 0.0321. The van der Waals surface area contributed by atoms with Crippen LogP contribution in [0.2, 0.25) is 10.0 Å². The summed E-state index contributed by atoms with van der Waals surface area (Å²) in [5.41, 5.74) is 1.69. The number of ether oxygens (including phenoxy) is 2. The van der Waals surface area contributed by atoms with Crippen LogP contribution >= 0.6 is 57.6 Å². The largest absolute Gasteiger partial charge is 0.490 e. The van der Waals surface area contributed by atoms with Crippen LogP contribution in [0.5, 0.6) is 11.5 Å². The molecule has 0 aromatic heterocycles. The van der Waals surface area contributed by atoms with E-state index in [9.17, 15) is 4.79 Å². The van der Waals surface area contributed by atoms with Crippen molar-refractivity contribution in [3.63, 3.8) is 0 Å². The number of hydrogen-bond donors (Lipinski definition) is 0. The number of benzene rings is 2. The van der Waals surface area contributed by atoms with Gasteiger partial charge in [-0.2, -0.15) is 0 Å². The predicted molar refractivity (Wildman–Crippen MR) is 142 cm³/mol. The summed E-state index contributed by atoms with van der Waals surface area (Å²) in [6.07, 6.45) is 1.87. The Morgan fingerprint density at radius 3 is 2.59 bits per heavy atom. The van der Waals surface area contributed by atoms with E-state index in [0.717, 1.165) is 19.9 Å². The lowest BCUT2D eigenvalue weighted by Crippen LogP contribution is -2.28. The van der Waals surface area contributed by atoms with Crippen LogP contribution in [-0.4, -0.2) is 35.7 Å². The van der Waals surface area contributed by atoms with E-state index in [2.05, 4.69) is 27.6 Å². The van der Waals surface area contributed by atoms with Crippen molar-refractivity contribution in [2.75, 3.05) is 19.7 Å². The summed E-state index contributed by atoms with van der Waals surface area (Å²) in [5, 5.41) is 1.87. The molecule has 0 spiro atoms. The van der Waals surface area contributed by atoms with Gasteiger partial charge in [-0.15, -0.1) is 0 Å². The van der Waals surface area contributed by atoms with E-state index in [0.29, 0.717) is 46.1 Å². The third-order valence-corrected chi connectivity index (χ3v) is 6.95. The highest BCUT2D eigenvalue weighted by atomic mass is 127. The second-order valence-electron chi connectivity index (χ2n) is 6.70. The average Bonchev–Trinajstić information content (AvgIpc) is 3.03. The third-order valence-electron chi connectivity index (χ3n) is 4.51. The molecule has 0 N–H and O–H groups in total. The molecule has 1 aliphatic rings. The van der Waals surface area contributed by atoms with Gasteiger partial charge in [0, 0.05) is 28.7 Å². The summed E-state index contributed by atoms with van der Waals surface area (Å²) >= 11 is 15.9. The highest BCUT2D eigenvalue weighted by Crippen LogP contribution is 2.38. The van der Waals surface area contributed by atoms with Crippen LogP contribution in [0, 0.1) is 3.57 Å². The fourth-order valence-electron chi connectivity index (χ4n) is 3.05. The number of aliphatic imine (C=N–C) groups is 1. The Kier molecular flexibility index (Phi) is 9.16. The van der Waals surface area contributed by atoms with Crippen LogP contribution in [0.4, 0.5) is 0 Å². The van der Waals surface area contributed by atoms with Crippen LogP contribution < -0.4 is 9.47 Å². The Morgan fingerprint density at radius 1 is 1.16 bits per heavy atom.